The maximum Gasteiger partial charge on any atom is 0.272 e. The van der Waals surface area contributed by atoms with Crippen molar-refractivity contribution in [1.82, 2.24) is 4.57 Å². The number of anilines is 1. The summed E-state index contributed by atoms with van der Waals surface area (Å²) in [5, 5.41) is 4.71. The lowest BCUT2D eigenvalue weighted by atomic mass is 10.1. The maximum atomic E-state index is 12.8. The van der Waals surface area contributed by atoms with Gasteiger partial charge < -0.3 is 9.88 Å². The van der Waals surface area contributed by atoms with Crippen molar-refractivity contribution in [2.24, 2.45) is 0 Å². The van der Waals surface area contributed by atoms with Gasteiger partial charge in [-0.25, -0.2) is 0 Å². The fourth-order valence-electron chi connectivity index (χ4n) is 2.88. The first-order valence-corrected chi connectivity index (χ1v) is 8.13. The lowest BCUT2D eigenvalue weighted by Crippen LogP contribution is -2.18. The van der Waals surface area contributed by atoms with Crippen LogP contribution in [0.3, 0.4) is 0 Å². The quantitative estimate of drug-likeness (QED) is 0.664. The van der Waals surface area contributed by atoms with E-state index < -0.39 is 0 Å². The molecule has 0 aliphatic heterocycles. The number of amides is 1. The summed E-state index contributed by atoms with van der Waals surface area (Å²) in [4.78, 5) is 12.8. The van der Waals surface area contributed by atoms with E-state index in [1.165, 1.54) is 0 Å². The molecule has 23 heavy (non-hydrogen) atoms. The normalized spacial score (nSPS) is 11.0. The van der Waals surface area contributed by atoms with Crippen LogP contribution in [0.2, 0.25) is 10.0 Å². The van der Waals surface area contributed by atoms with Crippen LogP contribution in [-0.4, -0.2) is 10.5 Å². The summed E-state index contributed by atoms with van der Waals surface area (Å²) in [6, 6.07) is 13.2. The Labute approximate surface area is 144 Å². The highest BCUT2D eigenvalue weighted by Gasteiger charge is 2.20. The van der Waals surface area contributed by atoms with Gasteiger partial charge in [0.25, 0.3) is 5.91 Å². The van der Waals surface area contributed by atoms with Crippen LogP contribution in [0.5, 0.6) is 0 Å². The molecular formula is C18H16Cl2N2O. The predicted molar refractivity (Wildman–Crippen MR) is 96.8 cm³/mol. The molecule has 0 saturated heterocycles. The molecule has 0 bridgehead atoms. The van der Waals surface area contributed by atoms with Crippen LogP contribution in [0.15, 0.2) is 42.5 Å². The number of para-hydroxylation sites is 1. The summed E-state index contributed by atoms with van der Waals surface area (Å²) < 4.78 is 2.01. The first kappa shape index (κ1) is 15.9. The molecule has 1 aromatic heterocycles. The molecule has 1 N–H and O–H groups in total. The van der Waals surface area contributed by atoms with E-state index in [4.69, 9.17) is 23.2 Å². The topological polar surface area (TPSA) is 34.0 Å². The second kappa shape index (κ2) is 6.26. The number of nitrogens with one attached hydrogen (secondary N) is 1. The lowest BCUT2D eigenvalue weighted by Gasteiger charge is -2.11. The number of rotatable bonds is 3. The monoisotopic (exact) mass is 346 g/mol. The zero-order chi connectivity index (χ0) is 16.6. The molecular weight excluding hydrogens is 331 g/mol. The molecule has 0 aliphatic rings. The highest BCUT2D eigenvalue weighted by atomic mass is 35.5. The zero-order valence-electron chi connectivity index (χ0n) is 12.9. The molecule has 0 saturated carbocycles. The van der Waals surface area contributed by atoms with Crippen molar-refractivity contribution in [3.63, 3.8) is 0 Å². The molecule has 0 atom stereocenters. The molecule has 0 aliphatic carbocycles. The average molecular weight is 347 g/mol. The minimum Gasteiger partial charge on any atom is -0.337 e. The zero-order valence-corrected chi connectivity index (χ0v) is 14.4. The van der Waals surface area contributed by atoms with Gasteiger partial charge in [0.2, 0.25) is 0 Å². The van der Waals surface area contributed by atoms with E-state index in [1.807, 2.05) is 42.7 Å². The number of aryl methyl sites for hydroxylation is 2. The van der Waals surface area contributed by atoms with E-state index in [-0.39, 0.29) is 5.91 Å². The molecule has 3 nitrogen and oxygen atoms in total. The fraction of sp³-hybridized carbons (Fsp3) is 0.167. The number of hydrogen-bond acceptors (Lipinski definition) is 1. The van der Waals surface area contributed by atoms with E-state index >= 15 is 0 Å². The van der Waals surface area contributed by atoms with Gasteiger partial charge in [-0.1, -0.05) is 47.5 Å². The third-order valence-corrected chi connectivity index (χ3v) is 4.77. The maximum absolute atomic E-state index is 12.8. The van der Waals surface area contributed by atoms with Crippen LogP contribution in [0.25, 0.3) is 10.9 Å². The Kier molecular flexibility index (Phi) is 4.33. The number of aromatic nitrogens is 1. The Bertz CT molecular complexity index is 899. The Morgan fingerprint density at radius 3 is 2.61 bits per heavy atom. The molecule has 1 heterocycles. The van der Waals surface area contributed by atoms with E-state index in [9.17, 15) is 4.79 Å². The van der Waals surface area contributed by atoms with E-state index in [1.54, 1.807) is 18.2 Å². The molecule has 0 fully saturated rings. The minimum absolute atomic E-state index is 0.190. The number of nitrogens with zero attached hydrogens (tertiary/aromatic N) is 1. The van der Waals surface area contributed by atoms with Crippen LogP contribution >= 0.6 is 23.2 Å². The predicted octanol–water partition coefficient (Wildman–Crippen LogP) is 5.53. The van der Waals surface area contributed by atoms with Crippen molar-refractivity contribution in [2.75, 3.05) is 5.32 Å². The van der Waals surface area contributed by atoms with Crippen molar-refractivity contribution in [2.45, 2.75) is 20.4 Å². The molecule has 3 rings (SSSR count). The number of halogens is 2. The van der Waals surface area contributed by atoms with Gasteiger partial charge in [-0.15, -0.1) is 0 Å². The average Bonchev–Trinajstić information content (AvgIpc) is 2.84. The second-order valence-electron chi connectivity index (χ2n) is 5.29. The van der Waals surface area contributed by atoms with E-state index in [0.29, 0.717) is 28.0 Å². The highest BCUT2D eigenvalue weighted by molar-refractivity contribution is 6.44. The summed E-state index contributed by atoms with van der Waals surface area (Å²) in [5.74, 6) is -0.190. The molecule has 2 aromatic carbocycles. The standard InChI is InChI=1S/C18H16Cl2N2O/c1-3-22-15-10-5-4-7-12(15)11(2)17(22)18(23)21-14-9-6-8-13(19)16(14)20/h4-10H,3H2,1-2H3,(H,21,23). The Morgan fingerprint density at radius 1 is 1.13 bits per heavy atom. The van der Waals surface area contributed by atoms with Crippen molar-refractivity contribution in [3.05, 3.63) is 63.8 Å². The summed E-state index contributed by atoms with van der Waals surface area (Å²) in [6.07, 6.45) is 0. The summed E-state index contributed by atoms with van der Waals surface area (Å²) in [7, 11) is 0. The molecule has 3 aromatic rings. The van der Waals surface area contributed by atoms with Gasteiger partial charge in [-0.2, -0.15) is 0 Å². The number of benzene rings is 2. The van der Waals surface area contributed by atoms with Gasteiger partial charge in [0.05, 0.1) is 15.7 Å². The second-order valence-corrected chi connectivity index (χ2v) is 6.08. The highest BCUT2D eigenvalue weighted by Crippen LogP contribution is 2.31. The first-order chi connectivity index (χ1) is 11.0. The van der Waals surface area contributed by atoms with E-state index in [2.05, 4.69) is 5.32 Å². The number of carbonyl (C=O) groups is 1. The third kappa shape index (κ3) is 2.71. The third-order valence-electron chi connectivity index (χ3n) is 3.96. The number of carbonyl (C=O) groups excluding carboxylic acids is 1. The Balaban J connectivity index is 2.08. The smallest absolute Gasteiger partial charge is 0.272 e. The van der Waals surface area contributed by atoms with Gasteiger partial charge in [-0.3, -0.25) is 4.79 Å². The van der Waals surface area contributed by atoms with Crippen molar-refractivity contribution in [3.8, 4) is 0 Å². The van der Waals surface area contributed by atoms with Gasteiger partial charge in [0, 0.05) is 17.4 Å². The summed E-state index contributed by atoms with van der Waals surface area (Å²) in [6.45, 7) is 4.69. The van der Waals surface area contributed by atoms with Crippen LogP contribution in [0.1, 0.15) is 23.0 Å². The lowest BCUT2D eigenvalue weighted by molar-refractivity contribution is 0.101. The van der Waals surface area contributed by atoms with Crippen molar-refractivity contribution in [1.29, 1.82) is 0 Å². The molecule has 118 valence electrons. The van der Waals surface area contributed by atoms with E-state index in [0.717, 1.165) is 16.5 Å². The van der Waals surface area contributed by atoms with Gasteiger partial charge in [-0.05, 0) is 37.6 Å². The summed E-state index contributed by atoms with van der Waals surface area (Å²) >= 11 is 12.2. The van der Waals surface area contributed by atoms with Crippen molar-refractivity contribution < 1.29 is 4.79 Å². The van der Waals surface area contributed by atoms with Crippen LogP contribution in [0.4, 0.5) is 5.69 Å². The van der Waals surface area contributed by atoms with Gasteiger partial charge >= 0.3 is 0 Å². The molecule has 0 radical (unpaired) electrons. The molecule has 1 amide bonds. The molecule has 0 unspecified atom stereocenters. The SMILES string of the molecule is CCn1c(C(=O)Nc2cccc(Cl)c2Cl)c(C)c2ccccc21. The molecule has 0 spiro atoms. The van der Waals surface area contributed by atoms with Crippen molar-refractivity contribution >= 4 is 45.7 Å². The fourth-order valence-corrected chi connectivity index (χ4v) is 3.23. The number of hydrogen-bond donors (Lipinski definition) is 1. The van der Waals surface area contributed by atoms with Crippen LogP contribution in [-0.2, 0) is 6.54 Å². The van der Waals surface area contributed by atoms with Crippen LogP contribution < -0.4 is 5.32 Å². The summed E-state index contributed by atoms with van der Waals surface area (Å²) in [5.41, 5.74) is 3.16. The Hall–Kier alpha value is -1.97. The largest absolute Gasteiger partial charge is 0.337 e. The van der Waals surface area contributed by atoms with Gasteiger partial charge in [0.1, 0.15) is 5.69 Å². The van der Waals surface area contributed by atoms with Crippen LogP contribution in [0, 0.1) is 6.92 Å². The Morgan fingerprint density at radius 2 is 1.87 bits per heavy atom. The van der Waals surface area contributed by atoms with Gasteiger partial charge in [0.15, 0.2) is 0 Å². The minimum atomic E-state index is -0.190. The number of fused-ring (bicyclic) bond motifs is 1. The first-order valence-electron chi connectivity index (χ1n) is 7.37. The molecule has 5 heteroatoms.